The van der Waals surface area contributed by atoms with E-state index < -0.39 is 11.9 Å². The molecular formula is C11H17F3N2. The molecule has 0 radical (unpaired) electrons. The highest BCUT2D eigenvalue weighted by Crippen LogP contribution is 2.27. The van der Waals surface area contributed by atoms with Crippen molar-refractivity contribution in [2.24, 2.45) is 0 Å². The first-order valence-electron chi connectivity index (χ1n) is 5.64. The third kappa shape index (κ3) is 4.24. The third-order valence-electron chi connectivity index (χ3n) is 2.42. The molecule has 0 aliphatic rings. The third-order valence-corrected chi connectivity index (χ3v) is 2.42. The van der Waals surface area contributed by atoms with Crippen molar-refractivity contribution in [2.75, 3.05) is 0 Å². The highest BCUT2D eigenvalue weighted by atomic mass is 19.4. The van der Waals surface area contributed by atoms with E-state index in [4.69, 9.17) is 0 Å². The van der Waals surface area contributed by atoms with Crippen molar-refractivity contribution in [3.63, 3.8) is 0 Å². The lowest BCUT2D eigenvalue weighted by Gasteiger charge is -2.03. The van der Waals surface area contributed by atoms with E-state index in [0.717, 1.165) is 25.3 Å². The van der Waals surface area contributed by atoms with Crippen LogP contribution in [0.2, 0.25) is 0 Å². The number of nitrogens with zero attached hydrogens (tertiary/aromatic N) is 2. The lowest BCUT2D eigenvalue weighted by molar-refractivity contribution is -0.141. The molecule has 92 valence electrons. The van der Waals surface area contributed by atoms with Crippen LogP contribution in [0.4, 0.5) is 13.2 Å². The van der Waals surface area contributed by atoms with Crippen LogP contribution in [0, 0.1) is 0 Å². The molecule has 0 aliphatic carbocycles. The van der Waals surface area contributed by atoms with Gasteiger partial charge in [-0.25, -0.2) is 0 Å². The van der Waals surface area contributed by atoms with Crippen LogP contribution in [0.5, 0.6) is 0 Å². The maximum absolute atomic E-state index is 12.2. The van der Waals surface area contributed by atoms with E-state index in [1.165, 1.54) is 23.7 Å². The van der Waals surface area contributed by atoms with Crippen LogP contribution in [0.25, 0.3) is 0 Å². The lowest BCUT2D eigenvalue weighted by atomic mass is 10.1. The van der Waals surface area contributed by atoms with Crippen molar-refractivity contribution in [1.29, 1.82) is 0 Å². The summed E-state index contributed by atoms with van der Waals surface area (Å²) in [5.74, 6) is 0. The molecule has 0 N–H and O–H groups in total. The molecule has 1 aromatic rings. The molecule has 0 aromatic carbocycles. The summed E-state index contributed by atoms with van der Waals surface area (Å²) in [7, 11) is 0. The van der Waals surface area contributed by atoms with E-state index in [1.807, 2.05) is 0 Å². The number of aryl methyl sites for hydroxylation is 1. The molecule has 1 heterocycles. The Balaban J connectivity index is 2.30. The predicted molar refractivity (Wildman–Crippen MR) is 56.0 cm³/mol. The Kier molecular flexibility index (Phi) is 4.83. The summed E-state index contributed by atoms with van der Waals surface area (Å²) in [6.45, 7) is 2.70. The summed E-state index contributed by atoms with van der Waals surface area (Å²) in [6.07, 6.45) is 2.50. The normalized spacial score (nSPS) is 12.0. The monoisotopic (exact) mass is 234 g/mol. The van der Waals surface area contributed by atoms with Crippen molar-refractivity contribution >= 4 is 0 Å². The molecule has 0 atom stereocenters. The molecule has 0 bridgehead atoms. The van der Waals surface area contributed by atoms with Crippen molar-refractivity contribution in [2.45, 2.75) is 51.7 Å². The Morgan fingerprint density at radius 1 is 1.19 bits per heavy atom. The van der Waals surface area contributed by atoms with Crippen molar-refractivity contribution in [3.8, 4) is 0 Å². The summed E-state index contributed by atoms with van der Waals surface area (Å²) in [5.41, 5.74) is -0.805. The molecule has 16 heavy (non-hydrogen) atoms. The van der Waals surface area contributed by atoms with E-state index in [0.29, 0.717) is 6.54 Å². The van der Waals surface area contributed by atoms with Crippen molar-refractivity contribution in [1.82, 2.24) is 9.78 Å². The zero-order chi connectivity index (χ0) is 12.0. The molecule has 0 fully saturated rings. The highest BCUT2D eigenvalue weighted by Gasteiger charge is 2.33. The van der Waals surface area contributed by atoms with Crippen LogP contribution >= 0.6 is 0 Å². The fourth-order valence-electron chi connectivity index (χ4n) is 1.51. The molecule has 0 amide bonds. The first kappa shape index (κ1) is 13.1. The average Bonchev–Trinajstić information content (AvgIpc) is 2.65. The van der Waals surface area contributed by atoms with E-state index >= 15 is 0 Å². The van der Waals surface area contributed by atoms with Crippen molar-refractivity contribution < 1.29 is 13.2 Å². The van der Waals surface area contributed by atoms with Crippen LogP contribution < -0.4 is 0 Å². The quantitative estimate of drug-likeness (QED) is 0.683. The van der Waals surface area contributed by atoms with Crippen LogP contribution in [0.3, 0.4) is 0 Å². The topological polar surface area (TPSA) is 17.8 Å². The Hall–Kier alpha value is -1.00. The number of aromatic nitrogens is 2. The van der Waals surface area contributed by atoms with Gasteiger partial charge in [-0.1, -0.05) is 32.6 Å². The molecule has 0 saturated carbocycles. The summed E-state index contributed by atoms with van der Waals surface area (Å²) >= 11 is 0. The van der Waals surface area contributed by atoms with E-state index in [-0.39, 0.29) is 0 Å². The van der Waals surface area contributed by atoms with Gasteiger partial charge >= 0.3 is 6.18 Å². The second kappa shape index (κ2) is 5.92. The van der Waals surface area contributed by atoms with Crippen LogP contribution in [0.15, 0.2) is 12.3 Å². The van der Waals surface area contributed by atoms with Gasteiger partial charge in [0, 0.05) is 12.7 Å². The Bertz CT molecular complexity index is 304. The number of rotatable bonds is 6. The van der Waals surface area contributed by atoms with Gasteiger partial charge in [-0.05, 0) is 12.5 Å². The van der Waals surface area contributed by atoms with E-state index in [9.17, 15) is 13.2 Å². The Labute approximate surface area is 93.5 Å². The summed E-state index contributed by atoms with van der Waals surface area (Å²) in [5, 5.41) is 3.49. The molecule has 0 saturated heterocycles. The van der Waals surface area contributed by atoms with Gasteiger partial charge in [-0.15, -0.1) is 0 Å². The Morgan fingerprint density at radius 3 is 2.44 bits per heavy atom. The lowest BCUT2D eigenvalue weighted by Crippen LogP contribution is -2.08. The fourth-order valence-corrected chi connectivity index (χ4v) is 1.51. The fraction of sp³-hybridized carbons (Fsp3) is 0.727. The van der Waals surface area contributed by atoms with E-state index in [2.05, 4.69) is 12.0 Å². The van der Waals surface area contributed by atoms with Gasteiger partial charge in [0.2, 0.25) is 0 Å². The minimum absolute atomic E-state index is 0.569. The number of hydrogen-bond acceptors (Lipinski definition) is 1. The first-order chi connectivity index (χ1) is 7.54. The van der Waals surface area contributed by atoms with Gasteiger partial charge in [0.25, 0.3) is 0 Å². The number of unbranched alkanes of at least 4 members (excludes halogenated alkanes) is 4. The largest absolute Gasteiger partial charge is 0.435 e. The maximum atomic E-state index is 12.2. The number of hydrogen-bond donors (Lipinski definition) is 0. The zero-order valence-corrected chi connectivity index (χ0v) is 9.43. The van der Waals surface area contributed by atoms with Gasteiger partial charge in [0.05, 0.1) is 0 Å². The van der Waals surface area contributed by atoms with Gasteiger partial charge < -0.3 is 0 Å². The Morgan fingerprint density at radius 2 is 1.88 bits per heavy atom. The van der Waals surface area contributed by atoms with Crippen LogP contribution in [-0.2, 0) is 12.7 Å². The summed E-state index contributed by atoms with van der Waals surface area (Å²) in [6, 6.07) is 1.02. The minimum atomic E-state index is -4.33. The molecule has 0 spiro atoms. The number of halogens is 3. The number of alkyl halides is 3. The smallest absolute Gasteiger partial charge is 0.272 e. The van der Waals surface area contributed by atoms with Crippen molar-refractivity contribution in [3.05, 3.63) is 18.0 Å². The molecule has 5 heteroatoms. The predicted octanol–water partition coefficient (Wildman–Crippen LogP) is 3.87. The molecule has 0 unspecified atom stereocenters. The van der Waals surface area contributed by atoms with Crippen LogP contribution in [-0.4, -0.2) is 9.78 Å². The van der Waals surface area contributed by atoms with E-state index in [1.54, 1.807) is 0 Å². The zero-order valence-electron chi connectivity index (χ0n) is 9.43. The molecular weight excluding hydrogens is 217 g/mol. The highest BCUT2D eigenvalue weighted by molar-refractivity contribution is 5.02. The van der Waals surface area contributed by atoms with Gasteiger partial charge in [0.1, 0.15) is 0 Å². The molecule has 1 rings (SSSR count). The second-order valence-electron chi connectivity index (χ2n) is 3.88. The SMILES string of the molecule is CCCCCCCn1ccc(C(F)(F)F)n1. The molecule has 2 nitrogen and oxygen atoms in total. The van der Waals surface area contributed by atoms with Crippen LogP contribution in [0.1, 0.15) is 44.7 Å². The average molecular weight is 234 g/mol. The molecule has 1 aromatic heterocycles. The maximum Gasteiger partial charge on any atom is 0.435 e. The van der Waals surface area contributed by atoms with Gasteiger partial charge in [-0.3, -0.25) is 4.68 Å². The minimum Gasteiger partial charge on any atom is -0.272 e. The summed E-state index contributed by atoms with van der Waals surface area (Å²) < 4.78 is 38.0. The van der Waals surface area contributed by atoms with Gasteiger partial charge in [-0.2, -0.15) is 18.3 Å². The second-order valence-corrected chi connectivity index (χ2v) is 3.88. The summed E-state index contributed by atoms with van der Waals surface area (Å²) in [4.78, 5) is 0. The molecule has 0 aliphatic heterocycles. The first-order valence-corrected chi connectivity index (χ1v) is 5.64. The van der Waals surface area contributed by atoms with Gasteiger partial charge in [0.15, 0.2) is 5.69 Å². The standard InChI is InChI=1S/C11H17F3N2/c1-2-3-4-5-6-8-16-9-7-10(15-16)11(12,13)14/h7,9H,2-6,8H2,1H3.